The van der Waals surface area contributed by atoms with Crippen LogP contribution in [-0.2, 0) is 9.53 Å². The number of nitrogens with one attached hydrogen (secondary N) is 1. The maximum absolute atomic E-state index is 11.2. The normalized spacial score (nSPS) is 28.3. The van der Waals surface area contributed by atoms with Crippen LogP contribution in [-0.4, -0.2) is 25.7 Å². The fraction of sp³-hybridized carbons (Fsp3) is 0.917. The van der Waals surface area contributed by atoms with E-state index in [1.54, 1.807) is 0 Å². The van der Waals surface area contributed by atoms with Crippen molar-refractivity contribution in [1.82, 2.24) is 5.32 Å². The first-order chi connectivity index (χ1) is 7.04. The molecule has 1 aliphatic rings. The Morgan fingerprint density at radius 1 is 1.53 bits per heavy atom. The van der Waals surface area contributed by atoms with Gasteiger partial charge in [0.05, 0.1) is 13.0 Å². The Labute approximate surface area is 92.6 Å². The zero-order valence-corrected chi connectivity index (χ0v) is 10.2. The molecule has 1 fully saturated rings. The van der Waals surface area contributed by atoms with Crippen molar-refractivity contribution in [3.05, 3.63) is 0 Å². The number of rotatable bonds is 6. The molecule has 3 heteroatoms. The molecule has 1 rings (SSSR count). The Morgan fingerprint density at radius 2 is 2.13 bits per heavy atom. The first kappa shape index (κ1) is 12.5. The Morgan fingerprint density at radius 3 is 2.60 bits per heavy atom. The van der Waals surface area contributed by atoms with Gasteiger partial charge in [0.2, 0.25) is 0 Å². The highest BCUT2D eigenvalue weighted by Gasteiger charge is 2.32. The van der Waals surface area contributed by atoms with Gasteiger partial charge in [0.15, 0.2) is 0 Å². The largest absolute Gasteiger partial charge is 0.469 e. The number of esters is 1. The maximum atomic E-state index is 11.2. The molecule has 15 heavy (non-hydrogen) atoms. The highest BCUT2D eigenvalue weighted by molar-refractivity contribution is 5.71. The van der Waals surface area contributed by atoms with Crippen LogP contribution in [0, 0.1) is 17.8 Å². The third kappa shape index (κ3) is 4.20. The minimum Gasteiger partial charge on any atom is -0.469 e. The van der Waals surface area contributed by atoms with Crippen molar-refractivity contribution in [3.63, 3.8) is 0 Å². The van der Waals surface area contributed by atoms with Crippen LogP contribution < -0.4 is 5.32 Å². The van der Waals surface area contributed by atoms with E-state index in [9.17, 15) is 4.79 Å². The molecule has 0 aromatic heterocycles. The first-order valence-electron chi connectivity index (χ1n) is 5.85. The zero-order valence-electron chi connectivity index (χ0n) is 10.2. The quantitative estimate of drug-likeness (QED) is 0.684. The maximum Gasteiger partial charge on any atom is 0.308 e. The van der Waals surface area contributed by atoms with E-state index in [2.05, 4.69) is 19.2 Å². The van der Waals surface area contributed by atoms with Crippen molar-refractivity contribution in [3.8, 4) is 0 Å². The van der Waals surface area contributed by atoms with E-state index in [0.717, 1.165) is 24.8 Å². The van der Waals surface area contributed by atoms with Gasteiger partial charge in [-0.2, -0.15) is 0 Å². The molecule has 0 spiro atoms. The summed E-state index contributed by atoms with van der Waals surface area (Å²) in [4.78, 5) is 11.2. The summed E-state index contributed by atoms with van der Waals surface area (Å²) in [6.45, 7) is 7.43. The molecule has 0 radical (unpaired) electrons. The number of carbonyl (C=O) groups is 1. The molecule has 1 aliphatic carbocycles. The second-order valence-electron chi connectivity index (χ2n) is 4.94. The van der Waals surface area contributed by atoms with E-state index < -0.39 is 0 Å². The number of ether oxygens (including phenoxy) is 1. The van der Waals surface area contributed by atoms with E-state index in [-0.39, 0.29) is 11.9 Å². The average molecular weight is 213 g/mol. The Hall–Kier alpha value is -0.570. The monoisotopic (exact) mass is 213 g/mol. The van der Waals surface area contributed by atoms with Gasteiger partial charge in [-0.25, -0.2) is 0 Å². The minimum absolute atomic E-state index is 0.00544. The van der Waals surface area contributed by atoms with Gasteiger partial charge in [0.25, 0.3) is 0 Å². The van der Waals surface area contributed by atoms with E-state index in [1.165, 1.54) is 13.5 Å². The van der Waals surface area contributed by atoms with E-state index in [0.29, 0.717) is 6.04 Å². The lowest BCUT2D eigenvalue weighted by Crippen LogP contribution is -2.31. The van der Waals surface area contributed by atoms with Crippen molar-refractivity contribution in [1.29, 1.82) is 0 Å². The smallest absolute Gasteiger partial charge is 0.308 e. The zero-order chi connectivity index (χ0) is 11.4. The van der Waals surface area contributed by atoms with Crippen LogP contribution in [0.15, 0.2) is 0 Å². The summed E-state index contributed by atoms with van der Waals surface area (Å²) in [5.41, 5.74) is 0. The topological polar surface area (TPSA) is 38.3 Å². The second kappa shape index (κ2) is 5.50. The Kier molecular flexibility index (Phi) is 4.58. The number of hydrogen-bond acceptors (Lipinski definition) is 3. The van der Waals surface area contributed by atoms with Gasteiger partial charge in [-0.1, -0.05) is 13.8 Å². The van der Waals surface area contributed by atoms with Gasteiger partial charge in [0.1, 0.15) is 0 Å². The van der Waals surface area contributed by atoms with E-state index in [1.807, 2.05) is 6.92 Å². The number of methoxy groups -OCH3 is 1. The molecule has 1 saturated carbocycles. The lowest BCUT2D eigenvalue weighted by molar-refractivity contribution is -0.145. The molecule has 4 atom stereocenters. The molecule has 0 aliphatic heterocycles. The third-order valence-corrected chi connectivity index (χ3v) is 3.32. The highest BCUT2D eigenvalue weighted by Crippen LogP contribution is 2.36. The molecule has 0 bridgehead atoms. The number of carbonyl (C=O) groups excluding carboxylic acids is 1. The van der Waals surface area contributed by atoms with Crippen molar-refractivity contribution in [2.75, 3.05) is 13.7 Å². The molecule has 0 aromatic carbocycles. The summed E-state index contributed by atoms with van der Waals surface area (Å²) in [6, 6.07) is 0.395. The van der Waals surface area contributed by atoms with Crippen LogP contribution in [0.4, 0.5) is 0 Å². The van der Waals surface area contributed by atoms with Gasteiger partial charge >= 0.3 is 5.97 Å². The van der Waals surface area contributed by atoms with Gasteiger partial charge in [-0.05, 0) is 38.1 Å². The second-order valence-corrected chi connectivity index (χ2v) is 4.94. The summed E-state index contributed by atoms with van der Waals surface area (Å²) >= 11 is 0. The van der Waals surface area contributed by atoms with Crippen LogP contribution in [0.3, 0.4) is 0 Å². The van der Waals surface area contributed by atoms with Crippen LogP contribution >= 0.6 is 0 Å². The average Bonchev–Trinajstić information content (AvgIpc) is 2.90. The summed E-state index contributed by atoms with van der Waals surface area (Å²) in [7, 11) is 1.45. The molecule has 88 valence electrons. The molecular weight excluding hydrogens is 190 g/mol. The lowest BCUT2D eigenvalue weighted by Gasteiger charge is -2.17. The summed E-state index contributed by atoms with van der Waals surface area (Å²) in [5.74, 6) is 1.64. The summed E-state index contributed by atoms with van der Waals surface area (Å²) < 4.78 is 4.70. The summed E-state index contributed by atoms with van der Waals surface area (Å²) in [6.07, 6.45) is 2.21. The predicted octanol–water partition coefficient (Wildman–Crippen LogP) is 1.82. The predicted molar refractivity (Wildman–Crippen MR) is 60.5 cm³/mol. The van der Waals surface area contributed by atoms with Gasteiger partial charge in [-0.3, -0.25) is 4.79 Å². The molecular formula is C12H23NO2. The molecule has 1 N–H and O–H groups in total. The molecule has 4 unspecified atom stereocenters. The first-order valence-corrected chi connectivity index (χ1v) is 5.85. The van der Waals surface area contributed by atoms with Gasteiger partial charge in [-0.15, -0.1) is 0 Å². The van der Waals surface area contributed by atoms with Crippen LogP contribution in [0.1, 0.15) is 33.6 Å². The Bertz CT molecular complexity index is 218. The minimum atomic E-state index is -0.108. The van der Waals surface area contributed by atoms with Gasteiger partial charge in [0, 0.05) is 6.04 Å². The Balaban J connectivity index is 2.11. The SMILES string of the molecule is COC(=O)C(C)CC(C)NCC1CC1C. The molecule has 0 saturated heterocycles. The molecule has 0 amide bonds. The standard InChI is InChI=1S/C12H23NO2/c1-8-6-11(8)7-13-10(3)5-9(2)12(14)15-4/h8-11,13H,5-7H2,1-4H3. The number of hydrogen-bond donors (Lipinski definition) is 1. The fourth-order valence-electron chi connectivity index (χ4n) is 1.95. The fourth-order valence-corrected chi connectivity index (χ4v) is 1.95. The third-order valence-electron chi connectivity index (χ3n) is 3.32. The van der Waals surface area contributed by atoms with Crippen molar-refractivity contribution in [2.45, 2.75) is 39.7 Å². The van der Waals surface area contributed by atoms with Crippen LogP contribution in [0.2, 0.25) is 0 Å². The molecule has 0 heterocycles. The molecule has 0 aromatic rings. The van der Waals surface area contributed by atoms with Crippen molar-refractivity contribution in [2.24, 2.45) is 17.8 Å². The van der Waals surface area contributed by atoms with Crippen LogP contribution in [0.25, 0.3) is 0 Å². The lowest BCUT2D eigenvalue weighted by atomic mass is 10.0. The van der Waals surface area contributed by atoms with Crippen molar-refractivity contribution < 1.29 is 9.53 Å². The van der Waals surface area contributed by atoms with Crippen LogP contribution in [0.5, 0.6) is 0 Å². The summed E-state index contributed by atoms with van der Waals surface area (Å²) in [5, 5.41) is 3.48. The van der Waals surface area contributed by atoms with E-state index >= 15 is 0 Å². The van der Waals surface area contributed by atoms with Gasteiger partial charge < -0.3 is 10.1 Å². The van der Waals surface area contributed by atoms with Crippen molar-refractivity contribution >= 4 is 5.97 Å². The van der Waals surface area contributed by atoms with E-state index in [4.69, 9.17) is 4.74 Å². The highest BCUT2D eigenvalue weighted by atomic mass is 16.5. The molecule has 3 nitrogen and oxygen atoms in total.